The molecule has 0 aliphatic carbocycles. The van der Waals surface area contributed by atoms with Crippen LogP contribution in [0.3, 0.4) is 0 Å². The zero-order chi connectivity index (χ0) is 20.1. The number of aromatic nitrogens is 2. The van der Waals surface area contributed by atoms with Gasteiger partial charge in [0.1, 0.15) is 0 Å². The molecule has 150 valence electrons. The smallest absolute Gasteiger partial charge is 0.224 e. The molecule has 4 rings (SSSR count). The first-order valence-corrected chi connectivity index (χ1v) is 10.2. The van der Waals surface area contributed by atoms with Crippen LogP contribution in [0.5, 0.6) is 0 Å². The molecule has 3 heterocycles. The summed E-state index contributed by atoms with van der Waals surface area (Å²) in [4.78, 5) is 23.6. The normalized spacial score (nSPS) is 14.0. The Bertz CT molecular complexity index is 959. The van der Waals surface area contributed by atoms with Crippen LogP contribution in [0.25, 0.3) is 11.3 Å². The number of carbonyl (C=O) groups excluding carboxylic acids is 1. The molecule has 0 radical (unpaired) electrons. The Hall–Kier alpha value is -3.15. The molecule has 2 aromatic heterocycles. The van der Waals surface area contributed by atoms with Crippen LogP contribution in [0.2, 0.25) is 0 Å². The van der Waals surface area contributed by atoms with Crippen LogP contribution in [0.1, 0.15) is 37.1 Å². The van der Waals surface area contributed by atoms with E-state index in [1.165, 1.54) is 12.0 Å². The molecule has 1 fully saturated rings. The molecule has 0 saturated carbocycles. The van der Waals surface area contributed by atoms with E-state index in [1.54, 1.807) is 12.4 Å². The van der Waals surface area contributed by atoms with Crippen LogP contribution < -0.4 is 10.2 Å². The van der Waals surface area contributed by atoms with Gasteiger partial charge in [0.2, 0.25) is 5.91 Å². The minimum Gasteiger partial charge on any atom is -0.441 e. The maximum Gasteiger partial charge on any atom is 0.224 e. The van der Waals surface area contributed by atoms with Gasteiger partial charge >= 0.3 is 0 Å². The summed E-state index contributed by atoms with van der Waals surface area (Å²) in [5.74, 6) is 2.09. The number of hydrogen-bond donors (Lipinski definition) is 1. The number of nitrogens with zero attached hydrogens (tertiary/aromatic N) is 3. The molecular formula is C23H26N4O2. The number of nitrogens with one attached hydrogen (secondary N) is 1. The van der Waals surface area contributed by atoms with Crippen LogP contribution in [0.15, 0.2) is 53.2 Å². The van der Waals surface area contributed by atoms with Gasteiger partial charge in [-0.15, -0.1) is 0 Å². The highest BCUT2D eigenvalue weighted by atomic mass is 16.4. The van der Waals surface area contributed by atoms with Crippen LogP contribution in [-0.4, -0.2) is 29.0 Å². The SMILES string of the molecule is Cc1ccc(-c2cnc(CCC(=O)Nc3cccnc3N3CCCCC3)o2)cc1. The van der Waals surface area contributed by atoms with E-state index < -0.39 is 0 Å². The molecule has 1 saturated heterocycles. The Morgan fingerprint density at radius 1 is 1.10 bits per heavy atom. The van der Waals surface area contributed by atoms with Crippen molar-refractivity contribution in [2.75, 3.05) is 23.3 Å². The fourth-order valence-corrected chi connectivity index (χ4v) is 3.56. The summed E-state index contributed by atoms with van der Waals surface area (Å²) in [6.45, 7) is 4.02. The lowest BCUT2D eigenvalue weighted by Gasteiger charge is -2.29. The summed E-state index contributed by atoms with van der Waals surface area (Å²) in [5.41, 5.74) is 2.96. The molecule has 3 aromatic rings. The molecule has 6 heteroatoms. The maximum atomic E-state index is 12.5. The molecule has 6 nitrogen and oxygen atoms in total. The number of hydrogen-bond acceptors (Lipinski definition) is 5. The zero-order valence-electron chi connectivity index (χ0n) is 16.7. The third kappa shape index (κ3) is 4.83. The predicted octanol–water partition coefficient (Wildman–Crippen LogP) is 4.61. The number of anilines is 2. The van der Waals surface area contributed by atoms with E-state index in [4.69, 9.17) is 4.42 Å². The lowest BCUT2D eigenvalue weighted by molar-refractivity contribution is -0.116. The largest absolute Gasteiger partial charge is 0.441 e. The molecule has 1 aliphatic rings. The molecule has 1 amide bonds. The van der Waals surface area contributed by atoms with E-state index >= 15 is 0 Å². The first-order valence-electron chi connectivity index (χ1n) is 10.2. The summed E-state index contributed by atoms with van der Waals surface area (Å²) in [5, 5.41) is 3.01. The maximum absolute atomic E-state index is 12.5. The summed E-state index contributed by atoms with van der Waals surface area (Å²) in [7, 11) is 0. The van der Waals surface area contributed by atoms with Gasteiger partial charge in [-0.25, -0.2) is 9.97 Å². The van der Waals surface area contributed by atoms with Gasteiger partial charge in [-0.3, -0.25) is 4.79 Å². The van der Waals surface area contributed by atoms with Crippen molar-refractivity contribution in [2.24, 2.45) is 0 Å². The van der Waals surface area contributed by atoms with Gasteiger partial charge in [-0.05, 0) is 38.3 Å². The molecule has 29 heavy (non-hydrogen) atoms. The van der Waals surface area contributed by atoms with Gasteiger partial charge < -0.3 is 14.6 Å². The molecule has 0 atom stereocenters. The van der Waals surface area contributed by atoms with Gasteiger partial charge in [0.15, 0.2) is 17.5 Å². The number of carbonyl (C=O) groups is 1. The highest BCUT2D eigenvalue weighted by Gasteiger charge is 2.17. The van der Waals surface area contributed by atoms with Crippen molar-refractivity contribution in [2.45, 2.75) is 39.0 Å². The van der Waals surface area contributed by atoms with Crippen molar-refractivity contribution in [3.63, 3.8) is 0 Å². The monoisotopic (exact) mass is 390 g/mol. The average Bonchev–Trinajstić information content (AvgIpc) is 3.23. The van der Waals surface area contributed by atoms with E-state index in [1.807, 2.05) is 43.3 Å². The number of amides is 1. The molecule has 1 N–H and O–H groups in total. The Labute approximate surface area is 171 Å². The van der Waals surface area contributed by atoms with Crippen LogP contribution in [0.4, 0.5) is 11.5 Å². The molecule has 1 aliphatic heterocycles. The molecule has 1 aromatic carbocycles. The van der Waals surface area contributed by atoms with Crippen molar-refractivity contribution in [3.8, 4) is 11.3 Å². The van der Waals surface area contributed by atoms with Crippen LogP contribution in [-0.2, 0) is 11.2 Å². The topological polar surface area (TPSA) is 71.3 Å². The quantitative estimate of drug-likeness (QED) is 0.666. The Morgan fingerprint density at radius 2 is 1.90 bits per heavy atom. The highest BCUT2D eigenvalue weighted by Crippen LogP contribution is 2.26. The zero-order valence-corrected chi connectivity index (χ0v) is 16.7. The minimum atomic E-state index is -0.0636. The van der Waals surface area contributed by atoms with E-state index in [-0.39, 0.29) is 5.91 Å². The summed E-state index contributed by atoms with van der Waals surface area (Å²) >= 11 is 0. The Balaban J connectivity index is 1.36. The second-order valence-electron chi connectivity index (χ2n) is 7.45. The predicted molar refractivity (Wildman–Crippen MR) is 114 cm³/mol. The van der Waals surface area contributed by atoms with Crippen molar-refractivity contribution >= 4 is 17.4 Å². The number of aryl methyl sites for hydroxylation is 2. The van der Waals surface area contributed by atoms with E-state index in [9.17, 15) is 4.79 Å². The lowest BCUT2D eigenvalue weighted by atomic mass is 10.1. The molecule has 0 spiro atoms. The van der Waals surface area contributed by atoms with E-state index in [0.29, 0.717) is 18.7 Å². The lowest BCUT2D eigenvalue weighted by Crippen LogP contribution is -2.31. The van der Waals surface area contributed by atoms with Gasteiger partial charge in [0, 0.05) is 37.7 Å². The number of piperidine rings is 1. The number of benzene rings is 1. The summed E-state index contributed by atoms with van der Waals surface area (Å²) < 4.78 is 5.82. The fourth-order valence-electron chi connectivity index (χ4n) is 3.56. The van der Waals surface area contributed by atoms with Gasteiger partial charge in [0.05, 0.1) is 11.9 Å². The average molecular weight is 390 g/mol. The minimum absolute atomic E-state index is 0.0636. The first-order chi connectivity index (χ1) is 14.2. The third-order valence-corrected chi connectivity index (χ3v) is 5.17. The molecule has 0 bridgehead atoms. The second-order valence-corrected chi connectivity index (χ2v) is 7.45. The van der Waals surface area contributed by atoms with Crippen LogP contribution >= 0.6 is 0 Å². The van der Waals surface area contributed by atoms with Crippen LogP contribution in [0, 0.1) is 6.92 Å². The summed E-state index contributed by atoms with van der Waals surface area (Å²) in [6, 6.07) is 11.9. The van der Waals surface area contributed by atoms with Gasteiger partial charge in [0.25, 0.3) is 0 Å². The second kappa shape index (κ2) is 8.90. The van der Waals surface area contributed by atoms with Crippen molar-refractivity contribution in [1.29, 1.82) is 0 Å². The molecular weight excluding hydrogens is 364 g/mol. The van der Waals surface area contributed by atoms with Crippen molar-refractivity contribution in [3.05, 3.63) is 60.2 Å². The highest BCUT2D eigenvalue weighted by molar-refractivity contribution is 5.93. The van der Waals surface area contributed by atoms with E-state index in [2.05, 4.69) is 20.2 Å². The fraction of sp³-hybridized carbons (Fsp3) is 0.348. The number of pyridine rings is 1. The summed E-state index contributed by atoms with van der Waals surface area (Å²) in [6.07, 6.45) is 7.84. The van der Waals surface area contributed by atoms with Crippen molar-refractivity contribution in [1.82, 2.24) is 9.97 Å². The number of oxazole rings is 1. The number of rotatable bonds is 6. The Morgan fingerprint density at radius 3 is 2.69 bits per heavy atom. The standard InChI is InChI=1S/C23H26N4O2/c1-17-7-9-18(10-8-17)20-16-25-22(29-20)12-11-21(28)26-19-6-5-13-24-23(19)27-14-3-2-4-15-27/h5-10,13,16H,2-4,11-12,14-15H2,1H3,(H,26,28). The van der Waals surface area contributed by atoms with E-state index in [0.717, 1.165) is 48.8 Å². The van der Waals surface area contributed by atoms with Crippen molar-refractivity contribution < 1.29 is 9.21 Å². The Kier molecular flexibility index (Phi) is 5.89. The first kappa shape index (κ1) is 19.2. The third-order valence-electron chi connectivity index (χ3n) is 5.17. The van der Waals surface area contributed by atoms with Gasteiger partial charge in [-0.1, -0.05) is 29.8 Å². The van der Waals surface area contributed by atoms with Gasteiger partial charge in [-0.2, -0.15) is 0 Å². The molecule has 0 unspecified atom stereocenters.